The van der Waals surface area contributed by atoms with Crippen LogP contribution in [-0.4, -0.2) is 38.0 Å². The molecule has 0 aromatic heterocycles. The highest BCUT2D eigenvalue weighted by molar-refractivity contribution is 14.1. The van der Waals surface area contributed by atoms with Crippen LogP contribution in [0.5, 0.6) is 0 Å². The monoisotopic (exact) mass is 442 g/mol. The summed E-state index contributed by atoms with van der Waals surface area (Å²) in [4.78, 5) is 0. The quantitative estimate of drug-likeness (QED) is 0.311. The Morgan fingerprint density at radius 3 is 2.74 bits per heavy atom. The largest absolute Gasteiger partial charge is 0.385 e. The minimum atomic E-state index is 0.126. The van der Waals surface area contributed by atoms with Crippen LogP contribution in [0.25, 0.3) is 0 Å². The van der Waals surface area contributed by atoms with E-state index in [4.69, 9.17) is 14.2 Å². The van der Waals surface area contributed by atoms with E-state index in [0.29, 0.717) is 13.2 Å². The second-order valence-electron chi connectivity index (χ2n) is 4.03. The van der Waals surface area contributed by atoms with Crippen LogP contribution >= 0.6 is 38.5 Å². The topological polar surface area (TPSA) is 27.7 Å². The summed E-state index contributed by atoms with van der Waals surface area (Å²) in [5.41, 5.74) is 1.20. The SMILES string of the molecule is COCCCOCCOC(CI)c1cccc(Br)c1. The normalized spacial score (nSPS) is 12.6. The van der Waals surface area contributed by atoms with E-state index in [1.165, 1.54) is 5.56 Å². The third kappa shape index (κ3) is 7.60. The van der Waals surface area contributed by atoms with Gasteiger partial charge >= 0.3 is 0 Å². The molecule has 0 bridgehead atoms. The highest BCUT2D eigenvalue weighted by Crippen LogP contribution is 2.23. The van der Waals surface area contributed by atoms with E-state index in [1.807, 2.05) is 12.1 Å². The standard InChI is InChI=1S/C14H20BrIO3/c1-17-6-3-7-18-8-9-19-14(11-16)12-4-2-5-13(15)10-12/h2,4-5,10,14H,3,6-9,11H2,1H3. The number of halogens is 2. The Morgan fingerprint density at radius 1 is 1.21 bits per heavy atom. The summed E-state index contributed by atoms with van der Waals surface area (Å²) in [5.74, 6) is 0. The Balaban J connectivity index is 2.22. The Morgan fingerprint density at radius 2 is 2.05 bits per heavy atom. The molecule has 0 amide bonds. The number of methoxy groups -OCH3 is 1. The third-order valence-corrected chi connectivity index (χ3v) is 3.84. The van der Waals surface area contributed by atoms with Crippen molar-refractivity contribution in [2.75, 3.05) is 38.0 Å². The smallest absolute Gasteiger partial charge is 0.0915 e. The summed E-state index contributed by atoms with van der Waals surface area (Å²) >= 11 is 5.83. The van der Waals surface area contributed by atoms with Gasteiger partial charge in [-0.1, -0.05) is 50.7 Å². The van der Waals surface area contributed by atoms with Crippen molar-refractivity contribution >= 4 is 38.5 Å². The number of ether oxygens (including phenoxy) is 3. The lowest BCUT2D eigenvalue weighted by Crippen LogP contribution is -2.12. The van der Waals surface area contributed by atoms with E-state index in [-0.39, 0.29) is 6.10 Å². The molecule has 3 nitrogen and oxygen atoms in total. The molecule has 5 heteroatoms. The van der Waals surface area contributed by atoms with Crippen molar-refractivity contribution < 1.29 is 14.2 Å². The van der Waals surface area contributed by atoms with Gasteiger partial charge in [-0.2, -0.15) is 0 Å². The molecule has 0 N–H and O–H groups in total. The van der Waals surface area contributed by atoms with Crippen molar-refractivity contribution in [2.24, 2.45) is 0 Å². The average molecular weight is 443 g/mol. The van der Waals surface area contributed by atoms with Crippen LogP contribution in [0.1, 0.15) is 18.1 Å². The molecule has 0 aliphatic rings. The summed E-state index contributed by atoms with van der Waals surface area (Å²) in [6.45, 7) is 2.72. The molecule has 0 spiro atoms. The Kier molecular flexibility index (Phi) is 10.1. The minimum Gasteiger partial charge on any atom is -0.385 e. The number of hydrogen-bond donors (Lipinski definition) is 0. The fraction of sp³-hybridized carbons (Fsp3) is 0.571. The number of rotatable bonds is 10. The molecule has 19 heavy (non-hydrogen) atoms. The van der Waals surface area contributed by atoms with Crippen LogP contribution in [0, 0.1) is 0 Å². The molecule has 0 radical (unpaired) electrons. The van der Waals surface area contributed by atoms with E-state index in [9.17, 15) is 0 Å². The van der Waals surface area contributed by atoms with Crippen LogP contribution < -0.4 is 0 Å². The van der Waals surface area contributed by atoms with Gasteiger partial charge in [0.2, 0.25) is 0 Å². The van der Waals surface area contributed by atoms with Gasteiger partial charge in [-0.25, -0.2) is 0 Å². The van der Waals surface area contributed by atoms with Crippen LogP contribution in [0.15, 0.2) is 28.7 Å². The molecule has 0 saturated heterocycles. The molecule has 0 aliphatic heterocycles. The van der Waals surface area contributed by atoms with Crippen molar-refractivity contribution in [1.82, 2.24) is 0 Å². The van der Waals surface area contributed by atoms with Gasteiger partial charge in [0.1, 0.15) is 0 Å². The van der Waals surface area contributed by atoms with Gasteiger partial charge in [0.25, 0.3) is 0 Å². The lowest BCUT2D eigenvalue weighted by atomic mass is 10.1. The van der Waals surface area contributed by atoms with Crippen molar-refractivity contribution in [3.05, 3.63) is 34.3 Å². The molecular formula is C14H20BrIO3. The first-order valence-electron chi connectivity index (χ1n) is 6.27. The van der Waals surface area contributed by atoms with Gasteiger partial charge in [0.15, 0.2) is 0 Å². The fourth-order valence-electron chi connectivity index (χ4n) is 1.59. The average Bonchev–Trinajstić information content (AvgIpc) is 2.42. The van der Waals surface area contributed by atoms with Gasteiger partial charge in [-0.3, -0.25) is 0 Å². The molecule has 0 saturated carbocycles. The van der Waals surface area contributed by atoms with E-state index >= 15 is 0 Å². The van der Waals surface area contributed by atoms with Gasteiger partial charge in [-0.15, -0.1) is 0 Å². The first-order valence-corrected chi connectivity index (χ1v) is 8.59. The highest BCUT2D eigenvalue weighted by Gasteiger charge is 2.10. The second kappa shape index (κ2) is 11.0. The number of hydrogen-bond acceptors (Lipinski definition) is 3. The number of benzene rings is 1. The van der Waals surface area contributed by atoms with Crippen LogP contribution in [0.3, 0.4) is 0 Å². The van der Waals surface area contributed by atoms with Crippen molar-refractivity contribution in [2.45, 2.75) is 12.5 Å². The summed E-state index contributed by atoms with van der Waals surface area (Å²) in [6, 6.07) is 8.24. The van der Waals surface area contributed by atoms with Gasteiger partial charge in [0, 0.05) is 29.2 Å². The maximum absolute atomic E-state index is 5.85. The molecule has 1 unspecified atom stereocenters. The third-order valence-electron chi connectivity index (χ3n) is 2.54. The molecule has 0 heterocycles. The Bertz CT molecular complexity index is 349. The van der Waals surface area contributed by atoms with Crippen molar-refractivity contribution in [1.29, 1.82) is 0 Å². The van der Waals surface area contributed by atoms with Crippen LogP contribution in [0.4, 0.5) is 0 Å². The van der Waals surface area contributed by atoms with E-state index < -0.39 is 0 Å². The second-order valence-corrected chi connectivity index (χ2v) is 5.82. The Labute approximate surface area is 137 Å². The Hall–Kier alpha value is 0.310. The molecule has 0 fully saturated rings. The number of alkyl halides is 1. The molecular weight excluding hydrogens is 423 g/mol. The molecule has 108 valence electrons. The van der Waals surface area contributed by atoms with Crippen molar-refractivity contribution in [3.63, 3.8) is 0 Å². The fourth-order valence-corrected chi connectivity index (χ4v) is 2.77. The maximum Gasteiger partial charge on any atom is 0.0915 e. The lowest BCUT2D eigenvalue weighted by molar-refractivity contribution is 0.0104. The van der Waals surface area contributed by atoms with Gasteiger partial charge in [0.05, 0.1) is 19.3 Å². The summed E-state index contributed by atoms with van der Waals surface area (Å²) in [7, 11) is 1.70. The first kappa shape index (κ1) is 17.4. The van der Waals surface area contributed by atoms with Crippen LogP contribution in [-0.2, 0) is 14.2 Å². The van der Waals surface area contributed by atoms with Crippen LogP contribution in [0.2, 0.25) is 0 Å². The highest BCUT2D eigenvalue weighted by atomic mass is 127. The summed E-state index contributed by atoms with van der Waals surface area (Å²) in [5, 5.41) is 0. The predicted molar refractivity (Wildman–Crippen MR) is 89.0 cm³/mol. The predicted octanol–water partition coefficient (Wildman–Crippen LogP) is 3.99. The maximum atomic E-state index is 5.85. The first-order chi connectivity index (χ1) is 9.27. The van der Waals surface area contributed by atoms with E-state index in [0.717, 1.165) is 28.5 Å². The molecule has 1 atom stereocenters. The van der Waals surface area contributed by atoms with Gasteiger partial charge in [-0.05, 0) is 24.1 Å². The zero-order valence-corrected chi connectivity index (χ0v) is 14.9. The summed E-state index contributed by atoms with van der Waals surface area (Å²) in [6.07, 6.45) is 1.05. The molecule has 0 aliphatic carbocycles. The van der Waals surface area contributed by atoms with E-state index in [2.05, 4.69) is 50.7 Å². The summed E-state index contributed by atoms with van der Waals surface area (Å²) < 4.78 is 18.3. The zero-order chi connectivity index (χ0) is 13.9. The van der Waals surface area contributed by atoms with E-state index in [1.54, 1.807) is 7.11 Å². The van der Waals surface area contributed by atoms with Crippen molar-refractivity contribution in [3.8, 4) is 0 Å². The molecule has 1 aromatic rings. The van der Waals surface area contributed by atoms with Gasteiger partial charge < -0.3 is 14.2 Å². The minimum absolute atomic E-state index is 0.126. The zero-order valence-electron chi connectivity index (χ0n) is 11.1. The molecule has 1 aromatic carbocycles. The molecule has 1 rings (SSSR count). The lowest BCUT2D eigenvalue weighted by Gasteiger charge is -2.16.